The van der Waals surface area contributed by atoms with Crippen LogP contribution in [0.25, 0.3) is 21.9 Å². The first-order valence-electron chi connectivity index (χ1n) is 4.70. The van der Waals surface area contributed by atoms with Gasteiger partial charge in [0.1, 0.15) is 16.3 Å². The van der Waals surface area contributed by atoms with E-state index >= 15 is 0 Å². The highest BCUT2D eigenvalue weighted by atomic mass is 35.5. The predicted octanol–water partition coefficient (Wildman–Crippen LogP) is 1.89. The first-order chi connectivity index (χ1) is 7.25. The van der Waals surface area contributed by atoms with Crippen LogP contribution >= 0.6 is 11.6 Å². The van der Waals surface area contributed by atoms with Gasteiger partial charge in [-0.2, -0.15) is 0 Å². The molecule has 0 unspecified atom stereocenters. The number of benzene rings is 1. The van der Waals surface area contributed by atoms with Crippen LogP contribution in [-0.4, -0.2) is 12.8 Å². The summed E-state index contributed by atoms with van der Waals surface area (Å²) < 4.78 is 5.69. The van der Waals surface area contributed by atoms with Gasteiger partial charge in [-0.25, -0.2) is 0 Å². The maximum Gasteiger partial charge on any atom is 0.165 e. The van der Waals surface area contributed by atoms with Crippen molar-refractivity contribution in [2.45, 2.75) is 0 Å². The molecule has 0 amide bonds. The summed E-state index contributed by atoms with van der Waals surface area (Å²) in [5, 5.41) is 2.61. The van der Waals surface area contributed by atoms with E-state index in [1.807, 2.05) is 32.1 Å². The number of furan rings is 1. The van der Waals surface area contributed by atoms with Gasteiger partial charge in [0.2, 0.25) is 0 Å². The number of nitrogens with zero attached hydrogens (tertiary/aromatic N) is 1. The van der Waals surface area contributed by atoms with Crippen LogP contribution in [0.2, 0.25) is 5.15 Å². The highest BCUT2D eigenvalue weighted by Crippen LogP contribution is 2.27. The van der Waals surface area contributed by atoms with Gasteiger partial charge in [-0.1, -0.05) is 29.8 Å². The largest absolute Gasteiger partial charge is 0.456 e. The minimum absolute atomic E-state index is 0.471. The van der Waals surface area contributed by atoms with Crippen molar-refractivity contribution in [3.63, 3.8) is 0 Å². The van der Waals surface area contributed by atoms with Crippen LogP contribution in [0.4, 0.5) is 0 Å². The molecule has 2 heterocycles. The van der Waals surface area contributed by atoms with E-state index in [1.165, 1.54) is 0 Å². The monoisotopic (exact) mass is 215 g/mol. The van der Waals surface area contributed by atoms with E-state index in [1.54, 1.807) is 6.07 Å². The van der Waals surface area contributed by atoms with Gasteiger partial charge in [0, 0.05) is 22.4 Å². The van der Waals surface area contributed by atoms with Crippen LogP contribution in [0.3, 0.4) is 0 Å². The number of rotatable bonds is 0. The number of pyridine rings is 1. The lowest BCUT2D eigenvalue weighted by molar-refractivity contribution is 0.668. The molecule has 3 rings (SSSR count). The zero-order valence-corrected chi connectivity index (χ0v) is 8.88. The van der Waals surface area contributed by atoms with Gasteiger partial charge in [-0.05, 0) is 6.07 Å². The lowest BCUT2D eigenvalue weighted by Gasteiger charge is -1.95. The fourth-order valence-electron chi connectivity index (χ4n) is 1.90. The molecule has 15 heavy (non-hydrogen) atoms. The molecule has 0 saturated carbocycles. The number of halogens is 1. The molecule has 3 aromatic rings. The molecule has 1 aromatic carbocycles. The van der Waals surface area contributed by atoms with Crippen molar-refractivity contribution >= 4 is 47.0 Å². The second-order valence-electron chi connectivity index (χ2n) is 3.50. The third-order valence-corrected chi connectivity index (χ3v) is 2.70. The number of aromatic nitrogens is 1. The number of fused-ring (bicyclic) bond motifs is 3. The predicted molar refractivity (Wildman–Crippen MR) is 64.7 cm³/mol. The summed E-state index contributed by atoms with van der Waals surface area (Å²) in [5.74, 6) is 0. The zero-order valence-electron chi connectivity index (χ0n) is 8.12. The van der Waals surface area contributed by atoms with Crippen LogP contribution in [0.5, 0.6) is 0 Å². The Balaban J connectivity index is 2.61. The van der Waals surface area contributed by atoms with Gasteiger partial charge >= 0.3 is 0 Å². The standard InChI is InChI=1S/C11H7BClNO/c12-11-10-6-3-1-2-4-7(6)15-8(10)5-9(13)14-11/h1-5H,12H2. The summed E-state index contributed by atoms with van der Waals surface area (Å²) in [4.78, 5) is 4.23. The molecular formula is C11H7BClNO. The summed E-state index contributed by atoms with van der Waals surface area (Å²) in [5.41, 5.74) is 2.58. The summed E-state index contributed by atoms with van der Waals surface area (Å²) in [6.45, 7) is 0. The average Bonchev–Trinajstić information content (AvgIpc) is 2.54. The van der Waals surface area contributed by atoms with Crippen LogP contribution in [-0.2, 0) is 0 Å². The Morgan fingerprint density at radius 1 is 1.20 bits per heavy atom. The minimum atomic E-state index is 0.471. The Morgan fingerprint density at radius 2 is 2.00 bits per heavy atom. The molecule has 0 fully saturated rings. The fourth-order valence-corrected chi connectivity index (χ4v) is 2.12. The Bertz CT molecular complexity index is 662. The molecule has 0 aliphatic heterocycles. The van der Waals surface area contributed by atoms with Crippen molar-refractivity contribution in [2.24, 2.45) is 0 Å². The van der Waals surface area contributed by atoms with Gasteiger partial charge in [0.15, 0.2) is 7.85 Å². The van der Waals surface area contributed by atoms with Crippen LogP contribution in [0.15, 0.2) is 34.7 Å². The first-order valence-corrected chi connectivity index (χ1v) is 5.08. The van der Waals surface area contributed by atoms with Gasteiger partial charge < -0.3 is 4.42 Å². The SMILES string of the molecule is Bc1nc(Cl)cc2oc3ccccc3c12. The fraction of sp³-hybridized carbons (Fsp3) is 0. The highest BCUT2D eigenvalue weighted by Gasteiger charge is 2.09. The number of hydrogen-bond acceptors (Lipinski definition) is 2. The van der Waals surface area contributed by atoms with E-state index in [9.17, 15) is 0 Å². The molecule has 2 nitrogen and oxygen atoms in total. The maximum absolute atomic E-state index is 5.88. The van der Waals surface area contributed by atoms with Crippen molar-refractivity contribution < 1.29 is 4.42 Å². The Hall–Kier alpha value is -1.48. The molecular weight excluding hydrogens is 208 g/mol. The normalized spacial score (nSPS) is 11.3. The lowest BCUT2D eigenvalue weighted by Crippen LogP contribution is -2.08. The molecule has 0 atom stereocenters. The van der Waals surface area contributed by atoms with E-state index in [2.05, 4.69) is 4.98 Å². The molecule has 72 valence electrons. The van der Waals surface area contributed by atoms with E-state index in [4.69, 9.17) is 16.0 Å². The summed E-state index contributed by atoms with van der Waals surface area (Å²) in [7, 11) is 1.94. The number of para-hydroxylation sites is 1. The van der Waals surface area contributed by atoms with Crippen LogP contribution < -0.4 is 5.59 Å². The van der Waals surface area contributed by atoms with Crippen molar-refractivity contribution in [1.82, 2.24) is 4.98 Å². The van der Waals surface area contributed by atoms with E-state index in [0.29, 0.717) is 5.15 Å². The Labute approximate surface area is 92.3 Å². The van der Waals surface area contributed by atoms with E-state index in [-0.39, 0.29) is 0 Å². The van der Waals surface area contributed by atoms with Gasteiger partial charge in [0.05, 0.1) is 0 Å². The third kappa shape index (κ3) is 1.23. The molecule has 0 radical (unpaired) electrons. The Morgan fingerprint density at radius 3 is 2.87 bits per heavy atom. The lowest BCUT2D eigenvalue weighted by atomic mass is 9.98. The topological polar surface area (TPSA) is 26.0 Å². The van der Waals surface area contributed by atoms with Crippen molar-refractivity contribution in [3.05, 3.63) is 35.5 Å². The summed E-state index contributed by atoms with van der Waals surface area (Å²) >= 11 is 5.88. The smallest absolute Gasteiger partial charge is 0.165 e. The van der Waals surface area contributed by atoms with Gasteiger partial charge in [-0.15, -0.1) is 0 Å². The summed E-state index contributed by atoms with van der Waals surface area (Å²) in [6, 6.07) is 9.68. The minimum Gasteiger partial charge on any atom is -0.456 e. The van der Waals surface area contributed by atoms with Crippen LogP contribution in [0, 0.1) is 0 Å². The second kappa shape index (κ2) is 3.01. The molecule has 2 aromatic heterocycles. The maximum atomic E-state index is 5.88. The third-order valence-electron chi connectivity index (χ3n) is 2.51. The zero-order chi connectivity index (χ0) is 10.4. The van der Waals surface area contributed by atoms with Gasteiger partial charge in [0.25, 0.3) is 0 Å². The van der Waals surface area contributed by atoms with Crippen molar-refractivity contribution in [3.8, 4) is 0 Å². The van der Waals surface area contributed by atoms with Gasteiger partial charge in [-0.3, -0.25) is 4.98 Å². The molecule has 0 aliphatic carbocycles. The molecule has 4 heteroatoms. The number of hydrogen-bond donors (Lipinski definition) is 0. The molecule has 0 aliphatic rings. The first kappa shape index (κ1) is 8.80. The second-order valence-corrected chi connectivity index (χ2v) is 3.89. The average molecular weight is 215 g/mol. The van der Waals surface area contributed by atoms with E-state index < -0.39 is 0 Å². The Kier molecular flexibility index (Phi) is 1.76. The van der Waals surface area contributed by atoms with Crippen LogP contribution in [0.1, 0.15) is 0 Å². The molecule has 0 spiro atoms. The van der Waals surface area contributed by atoms with Crippen molar-refractivity contribution in [1.29, 1.82) is 0 Å². The molecule has 0 bridgehead atoms. The quantitative estimate of drug-likeness (QED) is 0.423. The molecule has 0 saturated heterocycles. The summed E-state index contributed by atoms with van der Waals surface area (Å²) in [6.07, 6.45) is 0. The van der Waals surface area contributed by atoms with E-state index in [0.717, 1.165) is 27.5 Å². The van der Waals surface area contributed by atoms with Crippen molar-refractivity contribution in [2.75, 3.05) is 0 Å². The highest BCUT2D eigenvalue weighted by molar-refractivity contribution is 6.41. The molecule has 0 N–H and O–H groups in total.